The van der Waals surface area contributed by atoms with Gasteiger partial charge in [0, 0.05) is 17.0 Å². The molecule has 2 aromatic heterocycles. The van der Waals surface area contributed by atoms with E-state index in [2.05, 4.69) is 15.1 Å². The van der Waals surface area contributed by atoms with Crippen molar-refractivity contribution < 1.29 is 0 Å². The maximum atomic E-state index is 6.28. The minimum Gasteiger partial charge on any atom is -0.216 e. The zero-order valence-electron chi connectivity index (χ0n) is 10.5. The Balaban J connectivity index is 2.60. The van der Waals surface area contributed by atoms with Gasteiger partial charge in [-0.1, -0.05) is 18.5 Å². The average Bonchev–Trinajstić information content (AvgIpc) is 2.64. The van der Waals surface area contributed by atoms with Crippen molar-refractivity contribution in [3.8, 4) is 5.95 Å². The fourth-order valence-corrected chi connectivity index (χ4v) is 2.46. The van der Waals surface area contributed by atoms with Gasteiger partial charge in [-0.3, -0.25) is 0 Å². The first-order valence-corrected chi connectivity index (χ1v) is 6.63. The highest BCUT2D eigenvalue weighted by atomic mass is 35.5. The highest BCUT2D eigenvalue weighted by molar-refractivity contribution is 6.31. The Bertz CT molecular complexity index is 557. The molecule has 0 fully saturated rings. The zero-order chi connectivity index (χ0) is 13.3. The Morgan fingerprint density at radius 1 is 1.22 bits per heavy atom. The lowest BCUT2D eigenvalue weighted by atomic mass is 10.2. The fourth-order valence-electron chi connectivity index (χ4n) is 1.82. The normalized spacial score (nSPS) is 10.9. The molecule has 0 unspecified atom stereocenters. The maximum absolute atomic E-state index is 6.28. The van der Waals surface area contributed by atoms with E-state index >= 15 is 0 Å². The van der Waals surface area contributed by atoms with E-state index in [-0.39, 0.29) is 0 Å². The van der Waals surface area contributed by atoms with Crippen molar-refractivity contribution in [3.63, 3.8) is 0 Å². The Hall–Kier alpha value is -1.13. The fraction of sp³-hybridized carbons (Fsp3) is 0.417. The molecule has 96 valence electrons. The van der Waals surface area contributed by atoms with E-state index in [1.165, 1.54) is 0 Å². The van der Waals surface area contributed by atoms with Gasteiger partial charge in [0.15, 0.2) is 0 Å². The van der Waals surface area contributed by atoms with Crippen LogP contribution in [0.5, 0.6) is 0 Å². The van der Waals surface area contributed by atoms with E-state index in [9.17, 15) is 0 Å². The molecule has 0 saturated carbocycles. The molecular weight excluding hydrogens is 271 g/mol. The number of aromatic nitrogens is 4. The van der Waals surface area contributed by atoms with E-state index in [4.69, 9.17) is 23.2 Å². The molecule has 0 spiro atoms. The van der Waals surface area contributed by atoms with Crippen molar-refractivity contribution in [1.29, 1.82) is 0 Å². The van der Waals surface area contributed by atoms with Gasteiger partial charge in [0.1, 0.15) is 5.15 Å². The molecule has 0 bridgehead atoms. The van der Waals surface area contributed by atoms with Crippen LogP contribution in [0.2, 0.25) is 5.15 Å². The summed E-state index contributed by atoms with van der Waals surface area (Å²) in [6.45, 7) is 5.85. The predicted octanol–water partition coefficient (Wildman–Crippen LogP) is 3.23. The molecule has 0 radical (unpaired) electrons. The number of hydrogen-bond donors (Lipinski definition) is 0. The SMILES string of the molecule is CCc1nn(-c2nc(C)cc(C)n2)c(Cl)c1CCl. The lowest BCUT2D eigenvalue weighted by Gasteiger charge is -2.03. The van der Waals surface area contributed by atoms with E-state index in [1.807, 2.05) is 26.8 Å². The molecule has 0 aliphatic heterocycles. The number of halogens is 2. The van der Waals surface area contributed by atoms with Gasteiger partial charge in [0.2, 0.25) is 0 Å². The number of aryl methyl sites for hydroxylation is 3. The first kappa shape index (κ1) is 13.3. The van der Waals surface area contributed by atoms with Crippen LogP contribution in [0.15, 0.2) is 6.07 Å². The molecule has 0 aliphatic carbocycles. The molecule has 4 nitrogen and oxygen atoms in total. The molecule has 18 heavy (non-hydrogen) atoms. The zero-order valence-corrected chi connectivity index (χ0v) is 12.0. The quantitative estimate of drug-likeness (QED) is 0.813. The Labute approximate surface area is 116 Å². The van der Waals surface area contributed by atoms with Crippen LogP contribution >= 0.6 is 23.2 Å². The summed E-state index contributed by atoms with van der Waals surface area (Å²) < 4.78 is 1.55. The standard InChI is InChI=1S/C12H14Cl2N4/c1-4-10-9(6-13)11(14)18(17-10)12-15-7(2)5-8(3)16-12/h5H,4,6H2,1-3H3. The summed E-state index contributed by atoms with van der Waals surface area (Å²) in [4.78, 5) is 8.70. The third-order valence-corrected chi connectivity index (χ3v) is 3.29. The van der Waals surface area contributed by atoms with Crippen LogP contribution in [0.3, 0.4) is 0 Å². The Morgan fingerprint density at radius 3 is 2.28 bits per heavy atom. The third kappa shape index (κ3) is 2.35. The van der Waals surface area contributed by atoms with Gasteiger partial charge >= 0.3 is 0 Å². The molecule has 0 atom stereocenters. The molecule has 2 rings (SSSR count). The van der Waals surface area contributed by atoms with E-state index < -0.39 is 0 Å². The average molecular weight is 285 g/mol. The van der Waals surface area contributed by atoms with Gasteiger partial charge in [0.05, 0.1) is 11.6 Å². The second-order valence-electron chi connectivity index (χ2n) is 4.07. The Kier molecular flexibility index (Phi) is 3.88. The number of nitrogens with zero attached hydrogens (tertiary/aromatic N) is 4. The minimum atomic E-state index is 0.340. The van der Waals surface area contributed by atoms with Gasteiger partial charge < -0.3 is 0 Å². The van der Waals surface area contributed by atoms with Gasteiger partial charge in [-0.2, -0.15) is 9.78 Å². The molecule has 6 heteroatoms. The molecule has 0 N–H and O–H groups in total. The molecule has 0 amide bonds. The highest BCUT2D eigenvalue weighted by Gasteiger charge is 2.17. The summed E-state index contributed by atoms with van der Waals surface area (Å²) in [7, 11) is 0. The number of hydrogen-bond acceptors (Lipinski definition) is 3. The van der Waals surface area contributed by atoms with Crippen molar-refractivity contribution in [2.24, 2.45) is 0 Å². The minimum absolute atomic E-state index is 0.340. The number of rotatable bonds is 3. The summed E-state index contributed by atoms with van der Waals surface area (Å²) in [6.07, 6.45) is 0.777. The maximum Gasteiger partial charge on any atom is 0.252 e. The van der Waals surface area contributed by atoms with E-state index in [0.717, 1.165) is 29.1 Å². The number of alkyl halides is 1. The van der Waals surface area contributed by atoms with Gasteiger partial charge in [-0.05, 0) is 26.3 Å². The van der Waals surface area contributed by atoms with Crippen LogP contribution in [0.1, 0.15) is 29.6 Å². The third-order valence-electron chi connectivity index (χ3n) is 2.63. The van der Waals surface area contributed by atoms with E-state index in [0.29, 0.717) is 17.0 Å². The van der Waals surface area contributed by atoms with Gasteiger partial charge in [-0.25, -0.2) is 9.97 Å². The van der Waals surface area contributed by atoms with Crippen molar-refractivity contribution >= 4 is 23.2 Å². The van der Waals surface area contributed by atoms with Crippen LogP contribution in [-0.2, 0) is 12.3 Å². The van der Waals surface area contributed by atoms with Crippen LogP contribution < -0.4 is 0 Å². The smallest absolute Gasteiger partial charge is 0.216 e. The lowest BCUT2D eigenvalue weighted by Crippen LogP contribution is -2.05. The monoisotopic (exact) mass is 284 g/mol. The topological polar surface area (TPSA) is 43.6 Å². The second kappa shape index (κ2) is 5.24. The summed E-state index contributed by atoms with van der Waals surface area (Å²) in [5, 5.41) is 4.92. The predicted molar refractivity (Wildman–Crippen MR) is 72.6 cm³/mol. The summed E-state index contributed by atoms with van der Waals surface area (Å²) in [5.41, 5.74) is 3.51. The molecule has 0 aromatic carbocycles. The first-order valence-electron chi connectivity index (χ1n) is 5.71. The van der Waals surface area contributed by atoms with Crippen molar-refractivity contribution in [1.82, 2.24) is 19.7 Å². The second-order valence-corrected chi connectivity index (χ2v) is 4.69. The Morgan fingerprint density at radius 2 is 1.83 bits per heavy atom. The lowest BCUT2D eigenvalue weighted by molar-refractivity contribution is 0.774. The van der Waals surface area contributed by atoms with Crippen molar-refractivity contribution in [3.05, 3.63) is 33.9 Å². The molecule has 0 saturated heterocycles. The van der Waals surface area contributed by atoms with Crippen LogP contribution in [0, 0.1) is 13.8 Å². The largest absolute Gasteiger partial charge is 0.252 e. The van der Waals surface area contributed by atoms with Crippen molar-refractivity contribution in [2.75, 3.05) is 0 Å². The summed E-state index contributed by atoms with van der Waals surface area (Å²) in [5.74, 6) is 0.829. The van der Waals surface area contributed by atoms with Crippen LogP contribution in [0.25, 0.3) is 5.95 Å². The van der Waals surface area contributed by atoms with E-state index in [1.54, 1.807) is 4.68 Å². The van der Waals surface area contributed by atoms with Crippen LogP contribution in [-0.4, -0.2) is 19.7 Å². The van der Waals surface area contributed by atoms with Gasteiger partial charge in [-0.15, -0.1) is 11.6 Å². The molecule has 2 aromatic rings. The first-order chi connectivity index (χ1) is 8.56. The molecule has 2 heterocycles. The molecule has 0 aliphatic rings. The highest BCUT2D eigenvalue weighted by Crippen LogP contribution is 2.24. The van der Waals surface area contributed by atoms with Gasteiger partial charge in [0.25, 0.3) is 5.95 Å². The summed E-state index contributed by atoms with van der Waals surface area (Å²) in [6, 6.07) is 1.91. The molecular formula is C12H14Cl2N4. The van der Waals surface area contributed by atoms with Crippen LogP contribution in [0.4, 0.5) is 0 Å². The summed E-state index contributed by atoms with van der Waals surface area (Å²) >= 11 is 12.2. The van der Waals surface area contributed by atoms with Crippen molar-refractivity contribution in [2.45, 2.75) is 33.1 Å².